The van der Waals surface area contributed by atoms with E-state index in [9.17, 15) is 31.1 Å². The molecule has 0 aliphatic carbocycles. The molecule has 0 aliphatic heterocycles. The lowest BCUT2D eigenvalue weighted by molar-refractivity contribution is -0.276. The van der Waals surface area contributed by atoms with Gasteiger partial charge in [0.1, 0.15) is 0 Å². The Bertz CT molecular complexity index is 566. The van der Waals surface area contributed by atoms with Gasteiger partial charge in [0.25, 0.3) is 5.56 Å². The van der Waals surface area contributed by atoms with Crippen LogP contribution in [0.25, 0.3) is 0 Å². The molecular weight excluding hydrogens is 282 g/mol. The highest BCUT2D eigenvalue weighted by Crippen LogP contribution is 2.33. The number of ether oxygens (including phenoxy) is 1. The third kappa shape index (κ3) is 3.90. The number of pyridine rings is 1. The van der Waals surface area contributed by atoms with Gasteiger partial charge in [-0.3, -0.25) is 9.78 Å². The second kappa shape index (κ2) is 4.83. The van der Waals surface area contributed by atoms with Crippen molar-refractivity contribution in [2.45, 2.75) is 19.0 Å². The fourth-order valence-electron chi connectivity index (χ4n) is 1.25. The van der Waals surface area contributed by atoms with Crippen LogP contribution in [0, 0.1) is 11.3 Å². The van der Waals surface area contributed by atoms with Gasteiger partial charge in [-0.05, 0) is 0 Å². The molecule has 1 N–H and O–H groups in total. The number of nitriles is 1. The van der Waals surface area contributed by atoms with Crippen molar-refractivity contribution in [3.63, 3.8) is 0 Å². The van der Waals surface area contributed by atoms with E-state index in [1.54, 1.807) is 0 Å². The normalized spacial score (nSPS) is 12.1. The van der Waals surface area contributed by atoms with Crippen LogP contribution in [0.15, 0.2) is 10.9 Å². The van der Waals surface area contributed by atoms with Gasteiger partial charge < -0.3 is 4.74 Å². The summed E-state index contributed by atoms with van der Waals surface area (Å²) >= 11 is 0. The number of aromatic amines is 1. The zero-order valence-corrected chi connectivity index (χ0v) is 8.82. The van der Waals surface area contributed by atoms with Gasteiger partial charge in [-0.2, -0.15) is 18.4 Å². The summed E-state index contributed by atoms with van der Waals surface area (Å²) in [5, 5.41) is 8.31. The Hall–Kier alpha value is -2.18. The number of nitrogens with one attached hydrogen (secondary N) is 1. The zero-order chi connectivity index (χ0) is 14.8. The first kappa shape index (κ1) is 14.9. The van der Waals surface area contributed by atoms with Crippen LogP contribution >= 0.6 is 0 Å². The Balaban J connectivity index is 3.41. The quantitative estimate of drug-likeness (QED) is 0.849. The smallest absolute Gasteiger partial charge is 0.390 e. The van der Waals surface area contributed by atoms with E-state index in [1.165, 1.54) is 11.1 Å². The van der Waals surface area contributed by atoms with E-state index in [2.05, 4.69) is 4.74 Å². The summed E-state index contributed by atoms with van der Waals surface area (Å²) in [6, 6.07) is 1.31. The maximum Gasteiger partial charge on any atom is 0.574 e. The van der Waals surface area contributed by atoms with Crippen molar-refractivity contribution < 1.29 is 31.1 Å². The number of aromatic nitrogens is 1. The Morgan fingerprint density at radius 2 is 1.84 bits per heavy atom. The van der Waals surface area contributed by atoms with Gasteiger partial charge in [0.2, 0.25) is 5.88 Å². The van der Waals surface area contributed by atoms with E-state index in [1.807, 2.05) is 0 Å². The summed E-state index contributed by atoms with van der Waals surface area (Å²) in [6.45, 7) is 0. The van der Waals surface area contributed by atoms with E-state index >= 15 is 0 Å². The van der Waals surface area contributed by atoms with Crippen LogP contribution in [0.2, 0.25) is 0 Å². The molecule has 1 rings (SSSR count). The molecule has 1 aromatic rings. The highest BCUT2D eigenvalue weighted by Gasteiger charge is 2.37. The van der Waals surface area contributed by atoms with Crippen molar-refractivity contribution in [3.8, 4) is 11.9 Å². The lowest BCUT2D eigenvalue weighted by Crippen LogP contribution is -2.25. The van der Waals surface area contributed by atoms with Crippen molar-refractivity contribution >= 4 is 0 Å². The second-order valence-electron chi connectivity index (χ2n) is 3.24. The molecule has 1 heterocycles. The largest absolute Gasteiger partial charge is 0.574 e. The molecule has 0 saturated carbocycles. The minimum Gasteiger partial charge on any atom is -0.390 e. The van der Waals surface area contributed by atoms with Crippen molar-refractivity contribution in [2.75, 3.05) is 0 Å². The van der Waals surface area contributed by atoms with Crippen LogP contribution in [0.5, 0.6) is 5.88 Å². The van der Waals surface area contributed by atoms with Crippen LogP contribution in [-0.2, 0) is 12.6 Å². The predicted octanol–water partition coefficient (Wildman–Crippen LogP) is 2.36. The zero-order valence-electron chi connectivity index (χ0n) is 8.82. The first-order valence-corrected chi connectivity index (χ1v) is 4.50. The summed E-state index contributed by atoms with van der Waals surface area (Å²) in [5.74, 6) is -1.40. The third-order valence-electron chi connectivity index (χ3n) is 1.90. The summed E-state index contributed by atoms with van der Waals surface area (Å²) in [4.78, 5) is 12.7. The van der Waals surface area contributed by atoms with Crippen LogP contribution in [0.3, 0.4) is 0 Å². The number of nitrogens with zero attached hydrogens (tertiary/aromatic N) is 1. The summed E-state index contributed by atoms with van der Waals surface area (Å²) in [6.07, 6.45) is -11.2. The summed E-state index contributed by atoms with van der Waals surface area (Å²) in [5.41, 5.74) is -4.07. The van der Waals surface area contributed by atoms with Crippen molar-refractivity contribution in [1.82, 2.24) is 4.98 Å². The predicted molar refractivity (Wildman–Crippen MR) is 48.1 cm³/mol. The molecule has 0 aliphatic rings. The average molecular weight is 286 g/mol. The van der Waals surface area contributed by atoms with Crippen molar-refractivity contribution in [3.05, 3.63) is 27.5 Å². The standard InChI is InChI=1S/C9H4F6N2O2/c10-8(11,12)5-3-6(19-9(13,14)15)17-7(18)4(5)1-2-16/h3H,1H2,(H,17,18). The number of hydrogen-bond acceptors (Lipinski definition) is 3. The first-order chi connectivity index (χ1) is 8.54. The first-order valence-electron chi connectivity index (χ1n) is 4.50. The van der Waals surface area contributed by atoms with Gasteiger partial charge >= 0.3 is 12.5 Å². The molecule has 0 bridgehead atoms. The summed E-state index contributed by atoms with van der Waals surface area (Å²) < 4.78 is 76.5. The molecule has 4 nitrogen and oxygen atoms in total. The minimum atomic E-state index is -5.25. The van der Waals surface area contributed by atoms with Gasteiger partial charge in [-0.1, -0.05) is 0 Å². The fourth-order valence-corrected chi connectivity index (χ4v) is 1.25. The number of rotatable bonds is 2. The number of halogens is 6. The highest BCUT2D eigenvalue weighted by molar-refractivity contribution is 5.33. The monoisotopic (exact) mass is 286 g/mol. The van der Waals surface area contributed by atoms with E-state index in [0.29, 0.717) is 0 Å². The molecule has 0 spiro atoms. The Morgan fingerprint density at radius 1 is 1.26 bits per heavy atom. The molecule has 0 radical (unpaired) electrons. The number of alkyl halides is 6. The summed E-state index contributed by atoms with van der Waals surface area (Å²) in [7, 11) is 0. The van der Waals surface area contributed by atoms with Gasteiger partial charge in [0.05, 0.1) is 18.1 Å². The lowest BCUT2D eigenvalue weighted by Gasteiger charge is -2.13. The molecule has 0 fully saturated rings. The van der Waals surface area contributed by atoms with Crippen molar-refractivity contribution in [2.24, 2.45) is 0 Å². The molecule has 104 valence electrons. The van der Waals surface area contributed by atoms with Crippen LogP contribution < -0.4 is 10.3 Å². The highest BCUT2D eigenvalue weighted by atomic mass is 19.4. The Kier molecular flexibility index (Phi) is 3.78. The molecule has 0 aromatic carbocycles. The van der Waals surface area contributed by atoms with E-state index < -0.39 is 41.5 Å². The van der Waals surface area contributed by atoms with E-state index in [4.69, 9.17) is 5.26 Å². The van der Waals surface area contributed by atoms with Crippen LogP contribution in [0.1, 0.15) is 11.1 Å². The molecule has 0 atom stereocenters. The maximum absolute atomic E-state index is 12.6. The topological polar surface area (TPSA) is 65.9 Å². The van der Waals surface area contributed by atoms with Crippen LogP contribution in [-0.4, -0.2) is 11.3 Å². The Labute approximate surface area is 101 Å². The molecule has 1 aromatic heterocycles. The van der Waals surface area contributed by atoms with Gasteiger partial charge in [0.15, 0.2) is 0 Å². The SMILES string of the molecule is N#CCc1c(C(F)(F)F)cc(OC(F)(F)F)[nH]c1=O. The average Bonchev–Trinajstić information content (AvgIpc) is 2.17. The van der Waals surface area contributed by atoms with Gasteiger partial charge in [0, 0.05) is 11.6 Å². The van der Waals surface area contributed by atoms with E-state index in [0.717, 1.165) is 0 Å². The van der Waals surface area contributed by atoms with Gasteiger partial charge in [-0.15, -0.1) is 13.2 Å². The van der Waals surface area contributed by atoms with Crippen molar-refractivity contribution in [1.29, 1.82) is 5.26 Å². The minimum absolute atomic E-state index is 0.0123. The Morgan fingerprint density at radius 3 is 2.26 bits per heavy atom. The molecule has 0 amide bonds. The van der Waals surface area contributed by atoms with E-state index in [-0.39, 0.29) is 6.07 Å². The fraction of sp³-hybridized carbons (Fsp3) is 0.333. The van der Waals surface area contributed by atoms with Gasteiger partial charge in [-0.25, -0.2) is 0 Å². The molecule has 0 saturated heterocycles. The number of H-pyrrole nitrogens is 1. The molecule has 0 unspecified atom stereocenters. The maximum atomic E-state index is 12.6. The van der Waals surface area contributed by atoms with Crippen LogP contribution in [0.4, 0.5) is 26.3 Å². The molecule has 10 heteroatoms. The molecule has 19 heavy (non-hydrogen) atoms. The second-order valence-corrected chi connectivity index (χ2v) is 3.24. The lowest BCUT2D eigenvalue weighted by atomic mass is 10.1. The third-order valence-corrected chi connectivity index (χ3v) is 1.90. The number of hydrogen-bond donors (Lipinski definition) is 1. The molecular formula is C9H4F6N2O2.